The molecule has 0 saturated heterocycles. The fraction of sp³-hybridized carbons (Fsp3) is 0.167. The molecule has 0 radical (unpaired) electrons. The van der Waals surface area contributed by atoms with Gasteiger partial charge in [0.2, 0.25) is 0 Å². The Morgan fingerprint density at radius 2 is 1.74 bits per heavy atom. The van der Waals surface area contributed by atoms with Crippen LogP contribution in [0.25, 0.3) is 6.08 Å². The molecule has 0 amide bonds. The van der Waals surface area contributed by atoms with E-state index < -0.39 is 0 Å². The lowest BCUT2D eigenvalue weighted by atomic mass is 10.1. The Morgan fingerprint density at radius 3 is 2.53 bits per heavy atom. The summed E-state index contributed by atoms with van der Waals surface area (Å²) in [5.41, 5.74) is 5.35. The Balaban J connectivity index is 1.44. The third-order valence-corrected chi connectivity index (χ3v) is 6.68. The number of aryl methyl sites for hydroxylation is 2. The standard InChI is InChI=1S/C30H28O3S/c1-21-9-10-22(2)29(17-21)33-20-25-18-24(12-15-28(25)32-3)11-14-27(31)30-16-13-26(34-30)19-23-7-5-4-6-8-23/h4-18H,19-20H2,1-3H3/b14-11+. The third-order valence-electron chi connectivity index (χ3n) is 5.58. The van der Waals surface area contributed by atoms with Crippen molar-refractivity contribution in [1.29, 1.82) is 0 Å². The highest BCUT2D eigenvalue weighted by Crippen LogP contribution is 2.26. The minimum Gasteiger partial charge on any atom is -0.496 e. The first-order valence-corrected chi connectivity index (χ1v) is 12.1. The van der Waals surface area contributed by atoms with Gasteiger partial charge in [0.05, 0.1) is 12.0 Å². The van der Waals surface area contributed by atoms with Crippen molar-refractivity contribution in [2.24, 2.45) is 0 Å². The molecule has 172 valence electrons. The van der Waals surface area contributed by atoms with E-state index in [9.17, 15) is 4.79 Å². The molecule has 3 nitrogen and oxygen atoms in total. The number of hydrogen-bond donors (Lipinski definition) is 0. The van der Waals surface area contributed by atoms with Crippen LogP contribution in [0.1, 0.15) is 42.4 Å². The average Bonchev–Trinajstić information content (AvgIpc) is 3.32. The summed E-state index contributed by atoms with van der Waals surface area (Å²) < 4.78 is 11.6. The maximum atomic E-state index is 12.7. The number of rotatable bonds is 9. The van der Waals surface area contributed by atoms with Gasteiger partial charge in [-0.3, -0.25) is 4.79 Å². The van der Waals surface area contributed by atoms with Gasteiger partial charge in [-0.1, -0.05) is 54.6 Å². The molecule has 0 atom stereocenters. The molecular formula is C30H28O3S. The summed E-state index contributed by atoms with van der Waals surface area (Å²) >= 11 is 1.55. The number of ketones is 1. The zero-order chi connectivity index (χ0) is 23.9. The van der Waals surface area contributed by atoms with E-state index in [0.717, 1.165) is 45.1 Å². The van der Waals surface area contributed by atoms with E-state index in [2.05, 4.69) is 24.3 Å². The Bertz CT molecular complexity index is 1300. The first kappa shape index (κ1) is 23.5. The highest BCUT2D eigenvalue weighted by molar-refractivity contribution is 7.14. The number of hydrogen-bond acceptors (Lipinski definition) is 4. The summed E-state index contributed by atoms with van der Waals surface area (Å²) in [6.07, 6.45) is 4.32. The normalized spacial score (nSPS) is 11.0. The van der Waals surface area contributed by atoms with E-state index in [-0.39, 0.29) is 5.78 Å². The lowest BCUT2D eigenvalue weighted by molar-refractivity contribution is 0.105. The molecule has 0 aliphatic rings. The maximum absolute atomic E-state index is 12.7. The second-order valence-corrected chi connectivity index (χ2v) is 9.42. The molecule has 0 spiro atoms. The van der Waals surface area contributed by atoms with Crippen LogP contribution < -0.4 is 9.47 Å². The van der Waals surface area contributed by atoms with Crippen molar-refractivity contribution in [3.63, 3.8) is 0 Å². The van der Waals surface area contributed by atoms with E-state index >= 15 is 0 Å². The molecule has 0 aliphatic heterocycles. The largest absolute Gasteiger partial charge is 0.496 e. The van der Waals surface area contributed by atoms with Crippen molar-refractivity contribution in [3.05, 3.63) is 123 Å². The number of methoxy groups -OCH3 is 1. The molecule has 3 aromatic carbocycles. The van der Waals surface area contributed by atoms with E-state index in [1.807, 2.05) is 74.5 Å². The number of ether oxygens (including phenoxy) is 2. The molecule has 34 heavy (non-hydrogen) atoms. The number of benzene rings is 3. The highest BCUT2D eigenvalue weighted by atomic mass is 32.1. The molecule has 0 unspecified atom stereocenters. The Labute approximate surface area is 205 Å². The Morgan fingerprint density at radius 1 is 0.912 bits per heavy atom. The average molecular weight is 469 g/mol. The van der Waals surface area contributed by atoms with Crippen LogP contribution in [0, 0.1) is 13.8 Å². The first-order valence-electron chi connectivity index (χ1n) is 11.2. The third kappa shape index (κ3) is 6.03. The quantitative estimate of drug-likeness (QED) is 0.189. The topological polar surface area (TPSA) is 35.5 Å². The maximum Gasteiger partial charge on any atom is 0.195 e. The van der Waals surface area contributed by atoms with Crippen LogP contribution in [-0.2, 0) is 13.0 Å². The molecular weight excluding hydrogens is 440 g/mol. The molecule has 4 rings (SSSR count). The van der Waals surface area contributed by atoms with Crippen molar-refractivity contribution in [2.75, 3.05) is 7.11 Å². The summed E-state index contributed by atoms with van der Waals surface area (Å²) in [6.45, 7) is 4.47. The van der Waals surface area contributed by atoms with Gasteiger partial charge in [-0.05, 0) is 72.5 Å². The van der Waals surface area contributed by atoms with Crippen LogP contribution in [0.3, 0.4) is 0 Å². The van der Waals surface area contributed by atoms with Crippen molar-refractivity contribution >= 4 is 23.2 Å². The minimum absolute atomic E-state index is 0.00770. The van der Waals surface area contributed by atoms with Gasteiger partial charge in [-0.2, -0.15) is 0 Å². The van der Waals surface area contributed by atoms with Gasteiger partial charge in [0.25, 0.3) is 0 Å². The van der Waals surface area contributed by atoms with Gasteiger partial charge in [-0.15, -0.1) is 11.3 Å². The lowest BCUT2D eigenvalue weighted by Crippen LogP contribution is -2.00. The summed E-state index contributed by atoms with van der Waals surface area (Å²) in [7, 11) is 1.65. The van der Waals surface area contributed by atoms with Crippen molar-refractivity contribution < 1.29 is 14.3 Å². The van der Waals surface area contributed by atoms with Gasteiger partial charge in [0.1, 0.15) is 18.1 Å². The van der Waals surface area contributed by atoms with E-state index in [0.29, 0.717) is 6.61 Å². The SMILES string of the molecule is COc1ccc(/C=C/C(=O)c2ccc(Cc3ccccc3)s2)cc1COc1cc(C)ccc1C. The molecule has 1 aromatic heterocycles. The first-order chi connectivity index (χ1) is 16.5. The number of allylic oxidation sites excluding steroid dienone is 1. The Hall–Kier alpha value is -3.63. The van der Waals surface area contributed by atoms with Gasteiger partial charge in [0, 0.05) is 16.9 Å². The summed E-state index contributed by atoms with van der Waals surface area (Å²) in [4.78, 5) is 14.7. The van der Waals surface area contributed by atoms with Gasteiger partial charge in [0.15, 0.2) is 5.78 Å². The van der Waals surface area contributed by atoms with E-state index in [1.54, 1.807) is 24.5 Å². The van der Waals surface area contributed by atoms with Crippen molar-refractivity contribution in [1.82, 2.24) is 0 Å². The smallest absolute Gasteiger partial charge is 0.195 e. The molecule has 1 heterocycles. The summed E-state index contributed by atoms with van der Waals surface area (Å²) in [5.74, 6) is 1.63. The van der Waals surface area contributed by atoms with Crippen molar-refractivity contribution in [3.8, 4) is 11.5 Å². The molecule has 4 aromatic rings. The molecule has 0 N–H and O–H groups in total. The second kappa shape index (κ2) is 11.0. The zero-order valence-corrected chi connectivity index (χ0v) is 20.5. The lowest BCUT2D eigenvalue weighted by Gasteiger charge is -2.13. The summed E-state index contributed by atoms with van der Waals surface area (Å²) in [6, 6.07) is 26.3. The number of carbonyl (C=O) groups is 1. The van der Waals surface area contributed by atoms with Crippen molar-refractivity contribution in [2.45, 2.75) is 26.9 Å². The molecule has 0 bridgehead atoms. The minimum atomic E-state index is 0.00770. The van der Waals surface area contributed by atoms with Crippen LogP contribution in [0.15, 0.2) is 84.9 Å². The number of thiophene rings is 1. The zero-order valence-electron chi connectivity index (χ0n) is 19.7. The predicted octanol–water partition coefficient (Wildman–Crippen LogP) is 7.44. The fourth-order valence-electron chi connectivity index (χ4n) is 3.69. The fourth-order valence-corrected chi connectivity index (χ4v) is 4.65. The van der Waals surface area contributed by atoms with Crippen LogP contribution >= 0.6 is 11.3 Å². The van der Waals surface area contributed by atoms with E-state index in [1.165, 1.54) is 10.4 Å². The van der Waals surface area contributed by atoms with E-state index in [4.69, 9.17) is 9.47 Å². The van der Waals surface area contributed by atoms with Crippen LogP contribution in [0.4, 0.5) is 0 Å². The molecule has 0 saturated carbocycles. The monoisotopic (exact) mass is 468 g/mol. The van der Waals surface area contributed by atoms with Gasteiger partial charge >= 0.3 is 0 Å². The predicted molar refractivity (Wildman–Crippen MR) is 140 cm³/mol. The summed E-state index contributed by atoms with van der Waals surface area (Å²) in [5, 5.41) is 0. The van der Waals surface area contributed by atoms with Gasteiger partial charge < -0.3 is 9.47 Å². The molecule has 0 fully saturated rings. The molecule has 0 aliphatic carbocycles. The van der Waals surface area contributed by atoms with Gasteiger partial charge in [-0.25, -0.2) is 0 Å². The Kier molecular flexibility index (Phi) is 7.61. The van der Waals surface area contributed by atoms with Crippen LogP contribution in [0.2, 0.25) is 0 Å². The second-order valence-electron chi connectivity index (χ2n) is 8.25. The van der Waals surface area contributed by atoms with Crippen LogP contribution in [-0.4, -0.2) is 12.9 Å². The highest BCUT2D eigenvalue weighted by Gasteiger charge is 2.09. The van der Waals surface area contributed by atoms with Crippen LogP contribution in [0.5, 0.6) is 11.5 Å². The number of carbonyl (C=O) groups excluding carboxylic acids is 1. The molecule has 4 heteroatoms.